The van der Waals surface area contributed by atoms with E-state index in [1.807, 2.05) is 0 Å². The lowest BCUT2D eigenvalue weighted by Crippen LogP contribution is -2.32. The molecule has 0 bridgehead atoms. The fourth-order valence-corrected chi connectivity index (χ4v) is 3.02. The monoisotopic (exact) mass is 287 g/mol. The maximum atomic E-state index is 11.7. The lowest BCUT2D eigenvalue weighted by Gasteiger charge is -2.15. The van der Waals surface area contributed by atoms with Crippen LogP contribution in [0.1, 0.15) is 13.3 Å². The third-order valence-corrected chi connectivity index (χ3v) is 4.83. The van der Waals surface area contributed by atoms with E-state index in [1.165, 1.54) is 11.4 Å². The molecule has 2 rings (SSSR count). The summed E-state index contributed by atoms with van der Waals surface area (Å²) in [7, 11) is -1.63. The van der Waals surface area contributed by atoms with Gasteiger partial charge in [-0.25, -0.2) is 8.42 Å². The Bertz CT molecular complexity index is 517. The maximum Gasteiger partial charge on any atom is 0.233 e. The predicted molar refractivity (Wildman–Crippen MR) is 68.7 cm³/mol. The van der Waals surface area contributed by atoms with Gasteiger partial charge in [0.1, 0.15) is 6.10 Å². The van der Waals surface area contributed by atoms with E-state index in [0.29, 0.717) is 31.3 Å². The Labute approximate surface area is 112 Å². The number of sulfonamides is 1. The van der Waals surface area contributed by atoms with Crippen LogP contribution in [-0.2, 0) is 10.0 Å². The first-order valence-corrected chi connectivity index (χ1v) is 7.68. The van der Waals surface area contributed by atoms with Crippen molar-refractivity contribution in [3.05, 3.63) is 12.1 Å². The van der Waals surface area contributed by atoms with Crippen molar-refractivity contribution >= 4 is 10.0 Å². The van der Waals surface area contributed by atoms with Crippen LogP contribution in [0.3, 0.4) is 0 Å². The Hall–Kier alpha value is -1.41. The van der Waals surface area contributed by atoms with Gasteiger partial charge in [0.2, 0.25) is 21.8 Å². The predicted octanol–water partition coefficient (Wildman–Crippen LogP) is 0.288. The molecule has 7 nitrogen and oxygen atoms in total. The molecule has 0 spiro atoms. The number of methoxy groups -OCH3 is 1. The summed E-state index contributed by atoms with van der Waals surface area (Å²) in [6.07, 6.45) is 0.483. The highest BCUT2D eigenvalue weighted by Crippen LogP contribution is 2.19. The largest absolute Gasteiger partial charge is 0.480 e. The lowest BCUT2D eigenvalue weighted by atomic mass is 10.3. The van der Waals surface area contributed by atoms with Crippen molar-refractivity contribution in [2.24, 2.45) is 0 Å². The third-order valence-electron chi connectivity index (χ3n) is 2.98. The normalized spacial score (nSPS) is 20.4. The molecule has 1 unspecified atom stereocenters. The van der Waals surface area contributed by atoms with Crippen LogP contribution in [0, 0.1) is 0 Å². The first kappa shape index (κ1) is 14.0. The molecule has 0 aliphatic carbocycles. The number of ether oxygens (including phenoxy) is 2. The van der Waals surface area contributed by atoms with Gasteiger partial charge in [0.25, 0.3) is 0 Å². The Morgan fingerprint density at radius 1 is 1.37 bits per heavy atom. The summed E-state index contributed by atoms with van der Waals surface area (Å²) in [6, 6.07) is 3.31. The molecule has 19 heavy (non-hydrogen) atoms. The van der Waals surface area contributed by atoms with Crippen molar-refractivity contribution < 1.29 is 17.9 Å². The molecule has 0 saturated carbocycles. The van der Waals surface area contributed by atoms with Crippen molar-refractivity contribution in [2.75, 3.05) is 26.0 Å². The SMILES string of the molecule is CCS(=O)(=O)N1CCC(Oc2ccc(OC)nn2)C1. The molecule has 1 aliphatic heterocycles. The average molecular weight is 287 g/mol. The van der Waals surface area contributed by atoms with Gasteiger partial charge in [0.15, 0.2) is 0 Å². The Morgan fingerprint density at radius 2 is 2.05 bits per heavy atom. The zero-order valence-corrected chi connectivity index (χ0v) is 11.8. The van der Waals surface area contributed by atoms with Crippen molar-refractivity contribution in [1.82, 2.24) is 14.5 Å². The Balaban J connectivity index is 1.94. The second-order valence-electron chi connectivity index (χ2n) is 4.20. The molecule has 1 aromatic rings. The molecule has 0 N–H and O–H groups in total. The van der Waals surface area contributed by atoms with E-state index < -0.39 is 10.0 Å². The molecule has 0 amide bonds. The standard InChI is InChI=1S/C11H17N3O4S/c1-3-19(15,16)14-7-6-9(8-14)18-11-5-4-10(17-2)12-13-11/h4-5,9H,3,6-8H2,1-2H3. The van der Waals surface area contributed by atoms with Gasteiger partial charge in [-0.3, -0.25) is 0 Å². The number of aromatic nitrogens is 2. The molecular weight excluding hydrogens is 270 g/mol. The zero-order valence-electron chi connectivity index (χ0n) is 10.9. The molecule has 1 aliphatic rings. The topological polar surface area (TPSA) is 81.6 Å². The zero-order chi connectivity index (χ0) is 13.9. The van der Waals surface area contributed by atoms with Crippen LogP contribution in [0.15, 0.2) is 12.1 Å². The maximum absolute atomic E-state index is 11.7. The van der Waals surface area contributed by atoms with E-state index in [-0.39, 0.29) is 11.9 Å². The van der Waals surface area contributed by atoms with E-state index in [9.17, 15) is 8.42 Å². The number of hydrogen-bond acceptors (Lipinski definition) is 6. The van der Waals surface area contributed by atoms with E-state index in [1.54, 1.807) is 19.1 Å². The summed E-state index contributed by atoms with van der Waals surface area (Å²) in [5.41, 5.74) is 0. The van der Waals surface area contributed by atoms with Gasteiger partial charge in [0, 0.05) is 18.7 Å². The highest BCUT2D eigenvalue weighted by molar-refractivity contribution is 7.89. The second kappa shape index (κ2) is 5.70. The molecule has 2 heterocycles. The fraction of sp³-hybridized carbons (Fsp3) is 0.636. The van der Waals surface area contributed by atoms with E-state index in [2.05, 4.69) is 10.2 Å². The number of hydrogen-bond donors (Lipinski definition) is 0. The van der Waals surface area contributed by atoms with Crippen molar-refractivity contribution in [3.8, 4) is 11.8 Å². The van der Waals surface area contributed by atoms with Crippen LogP contribution in [-0.4, -0.2) is 55.0 Å². The number of rotatable bonds is 5. The molecule has 1 atom stereocenters. The minimum Gasteiger partial charge on any atom is -0.480 e. The summed E-state index contributed by atoms with van der Waals surface area (Å²) in [5, 5.41) is 7.65. The molecule has 1 aromatic heterocycles. The van der Waals surface area contributed by atoms with Gasteiger partial charge < -0.3 is 9.47 Å². The summed E-state index contributed by atoms with van der Waals surface area (Å²) in [4.78, 5) is 0. The molecule has 0 aromatic carbocycles. The molecule has 106 valence electrons. The van der Waals surface area contributed by atoms with E-state index in [4.69, 9.17) is 9.47 Å². The first-order chi connectivity index (χ1) is 9.05. The van der Waals surface area contributed by atoms with Crippen molar-refractivity contribution in [3.63, 3.8) is 0 Å². The highest BCUT2D eigenvalue weighted by Gasteiger charge is 2.31. The van der Waals surface area contributed by atoms with Crippen LogP contribution < -0.4 is 9.47 Å². The first-order valence-electron chi connectivity index (χ1n) is 6.07. The van der Waals surface area contributed by atoms with Gasteiger partial charge in [-0.1, -0.05) is 0 Å². The summed E-state index contributed by atoms with van der Waals surface area (Å²) in [5.74, 6) is 0.901. The number of nitrogens with zero attached hydrogens (tertiary/aromatic N) is 3. The van der Waals surface area contributed by atoms with Gasteiger partial charge in [-0.15, -0.1) is 10.2 Å². The average Bonchev–Trinajstić information content (AvgIpc) is 2.89. The Kier molecular flexibility index (Phi) is 4.20. The van der Waals surface area contributed by atoms with E-state index >= 15 is 0 Å². The van der Waals surface area contributed by atoms with Gasteiger partial charge in [0.05, 0.1) is 19.4 Å². The summed E-state index contributed by atoms with van der Waals surface area (Å²) >= 11 is 0. The molecule has 0 radical (unpaired) electrons. The van der Waals surface area contributed by atoms with Crippen LogP contribution in [0.2, 0.25) is 0 Å². The van der Waals surface area contributed by atoms with Gasteiger partial charge in [-0.2, -0.15) is 4.31 Å². The minimum absolute atomic E-state index is 0.113. The van der Waals surface area contributed by atoms with Gasteiger partial charge >= 0.3 is 0 Å². The molecule has 1 saturated heterocycles. The van der Waals surface area contributed by atoms with Crippen molar-refractivity contribution in [2.45, 2.75) is 19.4 Å². The van der Waals surface area contributed by atoms with Gasteiger partial charge in [-0.05, 0) is 13.3 Å². The molecule has 8 heteroatoms. The van der Waals surface area contributed by atoms with Crippen LogP contribution >= 0.6 is 0 Å². The fourth-order valence-electron chi connectivity index (χ4n) is 1.88. The summed E-state index contributed by atoms with van der Waals surface area (Å²) in [6.45, 7) is 2.49. The van der Waals surface area contributed by atoms with Crippen LogP contribution in [0.5, 0.6) is 11.8 Å². The molecular formula is C11H17N3O4S. The smallest absolute Gasteiger partial charge is 0.233 e. The second-order valence-corrected chi connectivity index (χ2v) is 6.46. The van der Waals surface area contributed by atoms with Crippen LogP contribution in [0.25, 0.3) is 0 Å². The van der Waals surface area contributed by atoms with Crippen molar-refractivity contribution in [1.29, 1.82) is 0 Å². The summed E-state index contributed by atoms with van der Waals surface area (Å²) < 4.78 is 35.4. The highest BCUT2D eigenvalue weighted by atomic mass is 32.2. The third kappa shape index (κ3) is 3.32. The van der Waals surface area contributed by atoms with Crippen LogP contribution in [0.4, 0.5) is 0 Å². The Morgan fingerprint density at radius 3 is 2.63 bits per heavy atom. The quantitative estimate of drug-likeness (QED) is 0.774. The lowest BCUT2D eigenvalue weighted by molar-refractivity contribution is 0.203. The minimum atomic E-state index is -3.14. The van der Waals surface area contributed by atoms with E-state index in [0.717, 1.165) is 0 Å². The molecule has 1 fully saturated rings.